The van der Waals surface area contributed by atoms with Gasteiger partial charge in [-0.05, 0) is 42.9 Å². The van der Waals surface area contributed by atoms with Crippen molar-refractivity contribution in [2.75, 3.05) is 26.1 Å². The Balaban J connectivity index is 1.64. The van der Waals surface area contributed by atoms with Gasteiger partial charge in [0.2, 0.25) is 5.91 Å². The number of hydrogen-bond acceptors (Lipinski definition) is 5. The zero-order valence-electron chi connectivity index (χ0n) is 17.5. The highest BCUT2D eigenvalue weighted by atomic mass is 32.2. The highest BCUT2D eigenvalue weighted by molar-refractivity contribution is 7.98. The van der Waals surface area contributed by atoms with Crippen LogP contribution in [0.3, 0.4) is 0 Å². The minimum absolute atomic E-state index is 0.0704. The fourth-order valence-electron chi connectivity index (χ4n) is 3.03. The summed E-state index contributed by atoms with van der Waals surface area (Å²) < 4.78 is 14.0. The maximum Gasteiger partial charge on any atom is 0.248 e. The van der Waals surface area contributed by atoms with Crippen LogP contribution in [0.5, 0.6) is 5.75 Å². The number of carbonyl (C=O) groups excluding carboxylic acids is 1. The van der Waals surface area contributed by atoms with Crippen LogP contribution in [0.1, 0.15) is 25.3 Å². The number of carbonyl (C=O) groups is 1. The highest BCUT2D eigenvalue weighted by Gasteiger charge is 2.09. The molecular formula is C23H28N2O3S2. The zero-order chi connectivity index (χ0) is 21.2. The molecule has 0 aliphatic carbocycles. The van der Waals surface area contributed by atoms with Crippen molar-refractivity contribution < 1.29 is 14.3 Å². The Labute approximate surface area is 185 Å². The molecule has 0 radical (unpaired) electrons. The third-order valence-electron chi connectivity index (χ3n) is 4.56. The van der Waals surface area contributed by atoms with Gasteiger partial charge in [-0.1, -0.05) is 41.7 Å². The molecule has 3 aromatic rings. The third kappa shape index (κ3) is 6.45. The van der Waals surface area contributed by atoms with Crippen LogP contribution in [0.2, 0.25) is 0 Å². The van der Waals surface area contributed by atoms with Crippen molar-refractivity contribution in [1.29, 1.82) is 0 Å². The van der Waals surface area contributed by atoms with Crippen LogP contribution in [0.15, 0.2) is 53.5 Å². The fraction of sp³-hybridized carbons (Fsp3) is 0.391. The highest BCUT2D eigenvalue weighted by Crippen LogP contribution is 2.23. The quantitative estimate of drug-likeness (QED) is 0.395. The SMILES string of the molecule is CCOCCn1c(=NC(=O)CCCSCc2ccccc2)sc2cc(OC)ccc21. The van der Waals surface area contributed by atoms with Crippen LogP contribution in [0.25, 0.3) is 10.2 Å². The number of ether oxygens (including phenoxy) is 2. The lowest BCUT2D eigenvalue weighted by molar-refractivity contribution is -0.118. The van der Waals surface area contributed by atoms with E-state index in [1.165, 1.54) is 16.9 Å². The molecule has 0 atom stereocenters. The Morgan fingerprint density at radius 1 is 1.20 bits per heavy atom. The second-order valence-corrected chi connectivity index (χ2v) is 8.83. The van der Waals surface area contributed by atoms with Crippen molar-refractivity contribution in [3.05, 3.63) is 58.9 Å². The molecule has 160 valence electrons. The number of thiazole rings is 1. The van der Waals surface area contributed by atoms with Crippen LogP contribution in [-0.4, -0.2) is 36.6 Å². The molecule has 0 aliphatic rings. The predicted molar refractivity (Wildman–Crippen MR) is 125 cm³/mol. The minimum Gasteiger partial charge on any atom is -0.497 e. The Morgan fingerprint density at radius 2 is 2.03 bits per heavy atom. The zero-order valence-corrected chi connectivity index (χ0v) is 19.1. The molecule has 0 unspecified atom stereocenters. The van der Waals surface area contributed by atoms with E-state index in [1.54, 1.807) is 7.11 Å². The van der Waals surface area contributed by atoms with E-state index in [-0.39, 0.29) is 5.91 Å². The van der Waals surface area contributed by atoms with Gasteiger partial charge >= 0.3 is 0 Å². The van der Waals surface area contributed by atoms with Gasteiger partial charge in [0.1, 0.15) is 5.75 Å². The molecule has 1 aromatic heterocycles. The molecular weight excluding hydrogens is 416 g/mol. The smallest absolute Gasteiger partial charge is 0.248 e. The molecule has 2 aromatic carbocycles. The molecule has 3 rings (SSSR count). The summed E-state index contributed by atoms with van der Waals surface area (Å²) in [5, 5.41) is 0. The summed E-state index contributed by atoms with van der Waals surface area (Å²) in [5.41, 5.74) is 2.36. The first-order valence-electron chi connectivity index (χ1n) is 10.2. The number of fused-ring (bicyclic) bond motifs is 1. The van der Waals surface area contributed by atoms with Crippen molar-refractivity contribution in [2.24, 2.45) is 4.99 Å². The Bertz CT molecular complexity index is 1010. The molecule has 0 aliphatic heterocycles. The average Bonchev–Trinajstić information content (AvgIpc) is 3.10. The first-order valence-corrected chi connectivity index (χ1v) is 12.1. The number of hydrogen-bond donors (Lipinski definition) is 0. The maximum absolute atomic E-state index is 12.5. The molecule has 0 spiro atoms. The molecule has 1 heterocycles. The fourth-order valence-corrected chi connectivity index (χ4v) is 5.06. The third-order valence-corrected chi connectivity index (χ3v) is 6.72. The summed E-state index contributed by atoms with van der Waals surface area (Å²) in [5.74, 6) is 2.65. The summed E-state index contributed by atoms with van der Waals surface area (Å²) in [6.07, 6.45) is 1.29. The number of aromatic nitrogens is 1. The summed E-state index contributed by atoms with van der Waals surface area (Å²) in [6, 6.07) is 16.3. The first-order chi connectivity index (χ1) is 14.7. The van der Waals surface area contributed by atoms with Crippen molar-refractivity contribution in [3.8, 4) is 5.75 Å². The molecule has 30 heavy (non-hydrogen) atoms. The van der Waals surface area contributed by atoms with Gasteiger partial charge in [-0.3, -0.25) is 4.79 Å². The van der Waals surface area contributed by atoms with E-state index in [9.17, 15) is 4.79 Å². The standard InChI is InChI=1S/C23H28N2O3S2/c1-3-28-14-13-25-20-12-11-19(27-2)16-21(20)30-23(25)24-22(26)10-7-15-29-17-18-8-5-4-6-9-18/h4-6,8-9,11-12,16H,3,7,10,13-15,17H2,1-2H3. The predicted octanol–water partition coefficient (Wildman–Crippen LogP) is 4.89. The number of rotatable bonds is 11. The Hall–Kier alpha value is -2.09. The van der Waals surface area contributed by atoms with Crippen LogP contribution < -0.4 is 9.54 Å². The molecule has 0 saturated carbocycles. The van der Waals surface area contributed by atoms with Gasteiger partial charge in [-0.15, -0.1) is 0 Å². The van der Waals surface area contributed by atoms with Gasteiger partial charge < -0.3 is 14.0 Å². The van der Waals surface area contributed by atoms with Gasteiger partial charge in [0.05, 0.1) is 23.9 Å². The van der Waals surface area contributed by atoms with Crippen molar-refractivity contribution in [2.45, 2.75) is 32.1 Å². The van der Waals surface area contributed by atoms with Crippen molar-refractivity contribution >= 4 is 39.2 Å². The van der Waals surface area contributed by atoms with Gasteiger partial charge in [-0.2, -0.15) is 16.8 Å². The van der Waals surface area contributed by atoms with Crippen LogP contribution in [-0.2, 0) is 21.8 Å². The molecule has 5 nitrogen and oxygen atoms in total. The minimum atomic E-state index is -0.0704. The van der Waals surface area contributed by atoms with E-state index in [0.717, 1.165) is 38.7 Å². The van der Waals surface area contributed by atoms with Gasteiger partial charge in [0.25, 0.3) is 0 Å². The molecule has 1 amide bonds. The van der Waals surface area contributed by atoms with Crippen molar-refractivity contribution in [1.82, 2.24) is 4.57 Å². The average molecular weight is 445 g/mol. The number of methoxy groups -OCH3 is 1. The monoisotopic (exact) mass is 444 g/mol. The number of amides is 1. The summed E-state index contributed by atoms with van der Waals surface area (Å²) in [4.78, 5) is 17.6. The van der Waals surface area contributed by atoms with Crippen LogP contribution in [0, 0.1) is 0 Å². The van der Waals surface area contributed by atoms with Crippen LogP contribution >= 0.6 is 23.1 Å². The lowest BCUT2D eigenvalue weighted by Gasteiger charge is -2.06. The maximum atomic E-state index is 12.5. The molecule has 0 N–H and O–H groups in total. The van der Waals surface area contributed by atoms with E-state index < -0.39 is 0 Å². The Kier molecular flexibility index (Phi) is 8.99. The second-order valence-electron chi connectivity index (χ2n) is 6.71. The van der Waals surface area contributed by atoms with Gasteiger partial charge in [-0.25, -0.2) is 0 Å². The number of benzene rings is 2. The van der Waals surface area contributed by atoms with E-state index in [2.05, 4.69) is 33.8 Å². The number of nitrogens with zero attached hydrogens (tertiary/aromatic N) is 2. The van der Waals surface area contributed by atoms with Gasteiger partial charge in [0, 0.05) is 25.3 Å². The molecule has 0 bridgehead atoms. The van der Waals surface area contributed by atoms with E-state index in [0.29, 0.717) is 26.2 Å². The topological polar surface area (TPSA) is 52.8 Å². The van der Waals surface area contributed by atoms with E-state index in [1.807, 2.05) is 43.0 Å². The molecule has 7 heteroatoms. The summed E-state index contributed by atoms with van der Waals surface area (Å²) in [7, 11) is 1.66. The normalized spacial score (nSPS) is 11.9. The molecule has 0 saturated heterocycles. The summed E-state index contributed by atoms with van der Waals surface area (Å²) in [6.45, 7) is 3.90. The van der Waals surface area contributed by atoms with Gasteiger partial charge in [0.15, 0.2) is 4.80 Å². The van der Waals surface area contributed by atoms with E-state index >= 15 is 0 Å². The number of thioether (sulfide) groups is 1. The first kappa shape index (κ1) is 22.6. The Morgan fingerprint density at radius 3 is 2.80 bits per heavy atom. The largest absolute Gasteiger partial charge is 0.497 e. The lowest BCUT2D eigenvalue weighted by atomic mass is 10.2. The van der Waals surface area contributed by atoms with Crippen LogP contribution in [0.4, 0.5) is 0 Å². The van der Waals surface area contributed by atoms with Crippen molar-refractivity contribution in [3.63, 3.8) is 0 Å². The lowest BCUT2D eigenvalue weighted by Crippen LogP contribution is -2.19. The van der Waals surface area contributed by atoms with E-state index in [4.69, 9.17) is 9.47 Å². The second kappa shape index (κ2) is 11.9. The summed E-state index contributed by atoms with van der Waals surface area (Å²) >= 11 is 3.37. The molecule has 0 fully saturated rings.